The Bertz CT molecular complexity index is 715. The molecule has 9 nitrogen and oxygen atoms in total. The van der Waals surface area contributed by atoms with Crippen LogP contribution in [0.2, 0.25) is 0 Å². The second-order valence-electron chi connectivity index (χ2n) is 10.1. The van der Waals surface area contributed by atoms with Gasteiger partial charge in [-0.25, -0.2) is 9.59 Å². The standard InChI is InChI=1S/C11H21NO5S.C10H18INO2/c1-11(2,3)16-10(13)12-7-5-9(6-8-12)17-18(4,14)15;1-10(2,3)14-9(13)12-6-4-8(11)5-7-12/h9H,5-8H2,1-4H3;8H,4-7H2,1-3H3. The summed E-state index contributed by atoms with van der Waals surface area (Å²) in [7, 11) is -3.42. The number of alkyl halides is 1. The van der Waals surface area contributed by atoms with Crippen LogP contribution in [0.4, 0.5) is 9.59 Å². The maximum Gasteiger partial charge on any atom is 0.410 e. The molecule has 0 aliphatic carbocycles. The summed E-state index contributed by atoms with van der Waals surface area (Å²) in [6.07, 6.45) is 3.35. The van der Waals surface area contributed by atoms with E-state index < -0.39 is 15.7 Å². The Morgan fingerprint density at radius 3 is 1.44 bits per heavy atom. The van der Waals surface area contributed by atoms with Crippen molar-refractivity contribution >= 4 is 44.9 Å². The van der Waals surface area contributed by atoms with Gasteiger partial charge in [-0.05, 0) is 67.2 Å². The fraction of sp³-hybridized carbons (Fsp3) is 0.905. The average Bonchev–Trinajstić information content (AvgIpc) is 2.59. The summed E-state index contributed by atoms with van der Waals surface area (Å²) in [5, 5.41) is 0. The maximum atomic E-state index is 11.8. The fourth-order valence-electron chi connectivity index (χ4n) is 3.07. The van der Waals surface area contributed by atoms with Gasteiger partial charge in [0.05, 0.1) is 12.4 Å². The first-order valence-corrected chi connectivity index (χ1v) is 14.0. The molecular weight excluding hydrogens is 551 g/mol. The van der Waals surface area contributed by atoms with Crippen molar-refractivity contribution < 1.29 is 31.7 Å². The van der Waals surface area contributed by atoms with E-state index in [0.717, 1.165) is 32.2 Å². The van der Waals surface area contributed by atoms with E-state index >= 15 is 0 Å². The number of carbonyl (C=O) groups excluding carboxylic acids is 2. The van der Waals surface area contributed by atoms with Gasteiger partial charge in [-0.1, -0.05) is 22.6 Å². The maximum absolute atomic E-state index is 11.8. The highest BCUT2D eigenvalue weighted by Crippen LogP contribution is 2.20. The quantitative estimate of drug-likeness (QED) is 0.270. The number of halogens is 1. The molecule has 2 heterocycles. The van der Waals surface area contributed by atoms with Crippen LogP contribution in [0.1, 0.15) is 67.2 Å². The van der Waals surface area contributed by atoms with Crippen molar-refractivity contribution in [2.75, 3.05) is 32.4 Å². The lowest BCUT2D eigenvalue weighted by Gasteiger charge is -2.32. The molecule has 2 aliphatic rings. The van der Waals surface area contributed by atoms with E-state index in [4.69, 9.17) is 13.7 Å². The van der Waals surface area contributed by atoms with Crippen molar-refractivity contribution in [1.29, 1.82) is 0 Å². The van der Waals surface area contributed by atoms with Gasteiger partial charge in [-0.15, -0.1) is 0 Å². The van der Waals surface area contributed by atoms with E-state index in [1.165, 1.54) is 0 Å². The molecule has 0 spiro atoms. The van der Waals surface area contributed by atoms with Gasteiger partial charge < -0.3 is 19.3 Å². The molecule has 0 aromatic rings. The number of nitrogens with zero attached hydrogens (tertiary/aromatic N) is 2. The van der Waals surface area contributed by atoms with Crippen LogP contribution in [0.25, 0.3) is 0 Å². The number of piperidine rings is 2. The van der Waals surface area contributed by atoms with Crippen LogP contribution >= 0.6 is 22.6 Å². The van der Waals surface area contributed by atoms with Gasteiger partial charge in [0.25, 0.3) is 10.1 Å². The molecule has 0 bridgehead atoms. The Morgan fingerprint density at radius 2 is 1.12 bits per heavy atom. The first kappa shape index (κ1) is 29.2. The Labute approximate surface area is 206 Å². The monoisotopic (exact) mass is 590 g/mol. The van der Waals surface area contributed by atoms with Crippen LogP contribution in [-0.2, 0) is 23.8 Å². The van der Waals surface area contributed by atoms with Crippen LogP contribution in [0, 0.1) is 0 Å². The molecule has 0 atom stereocenters. The Balaban J connectivity index is 0.000000330. The summed E-state index contributed by atoms with van der Waals surface area (Å²) < 4.78 is 38.1. The normalized spacial score (nSPS) is 19.1. The molecule has 0 aromatic carbocycles. The van der Waals surface area contributed by atoms with Gasteiger partial charge in [-0.3, -0.25) is 4.18 Å². The summed E-state index contributed by atoms with van der Waals surface area (Å²) in [6, 6.07) is 0. The van der Waals surface area contributed by atoms with Gasteiger partial charge in [0.15, 0.2) is 0 Å². The zero-order chi connectivity index (χ0) is 24.7. The van der Waals surface area contributed by atoms with Gasteiger partial charge in [0.1, 0.15) is 11.2 Å². The van der Waals surface area contributed by atoms with Gasteiger partial charge in [0.2, 0.25) is 0 Å². The van der Waals surface area contributed by atoms with Crippen molar-refractivity contribution in [2.24, 2.45) is 0 Å². The third kappa shape index (κ3) is 13.0. The highest BCUT2D eigenvalue weighted by Gasteiger charge is 2.29. The lowest BCUT2D eigenvalue weighted by molar-refractivity contribution is 0.0132. The van der Waals surface area contributed by atoms with Crippen LogP contribution in [-0.4, -0.2) is 84.1 Å². The third-order valence-electron chi connectivity index (χ3n) is 4.48. The number of amides is 2. The second kappa shape index (κ2) is 12.0. The van der Waals surface area contributed by atoms with Gasteiger partial charge in [-0.2, -0.15) is 8.42 Å². The summed E-state index contributed by atoms with van der Waals surface area (Å²) in [5.41, 5.74) is -0.893. The second-order valence-corrected chi connectivity index (χ2v) is 13.5. The molecule has 32 heavy (non-hydrogen) atoms. The first-order valence-electron chi connectivity index (χ1n) is 10.9. The molecule has 0 unspecified atom stereocenters. The third-order valence-corrected chi connectivity index (χ3v) is 6.35. The number of rotatable bonds is 2. The van der Waals surface area contributed by atoms with E-state index in [0.29, 0.717) is 29.9 Å². The molecule has 2 saturated heterocycles. The predicted octanol–water partition coefficient (Wildman–Crippen LogP) is 4.18. The molecule has 0 saturated carbocycles. The molecule has 11 heteroatoms. The summed E-state index contributed by atoms with van der Waals surface area (Å²) in [6.45, 7) is 13.7. The minimum Gasteiger partial charge on any atom is -0.444 e. The Kier molecular flexibility index (Phi) is 11.0. The van der Waals surface area contributed by atoms with E-state index in [2.05, 4.69) is 22.6 Å². The summed E-state index contributed by atoms with van der Waals surface area (Å²) in [4.78, 5) is 26.8. The molecule has 0 N–H and O–H groups in total. The van der Waals surface area contributed by atoms with Crippen LogP contribution < -0.4 is 0 Å². The SMILES string of the molecule is CC(C)(C)OC(=O)N1CCC(I)CC1.CC(C)(C)OC(=O)N1CCC(OS(C)(=O)=O)CC1. The first-order chi connectivity index (χ1) is 14.5. The zero-order valence-corrected chi connectivity index (χ0v) is 23.3. The van der Waals surface area contributed by atoms with E-state index in [1.807, 2.05) is 41.5 Å². The van der Waals surface area contributed by atoms with E-state index in [1.54, 1.807) is 9.80 Å². The molecule has 2 aliphatic heterocycles. The number of hydrogen-bond donors (Lipinski definition) is 0. The molecular formula is C21H39IN2O7S. The summed E-state index contributed by atoms with van der Waals surface area (Å²) >= 11 is 2.44. The molecule has 0 radical (unpaired) electrons. The predicted molar refractivity (Wildman–Crippen MR) is 132 cm³/mol. The smallest absolute Gasteiger partial charge is 0.410 e. The van der Waals surface area contributed by atoms with Crippen LogP contribution in [0.5, 0.6) is 0 Å². The van der Waals surface area contributed by atoms with E-state index in [-0.39, 0.29) is 23.9 Å². The summed E-state index contributed by atoms with van der Waals surface area (Å²) in [5.74, 6) is 0. The number of carbonyl (C=O) groups is 2. The highest BCUT2D eigenvalue weighted by atomic mass is 127. The van der Waals surface area contributed by atoms with Crippen LogP contribution in [0.15, 0.2) is 0 Å². The molecule has 0 aromatic heterocycles. The van der Waals surface area contributed by atoms with Crippen molar-refractivity contribution in [3.8, 4) is 0 Å². The van der Waals surface area contributed by atoms with Gasteiger partial charge >= 0.3 is 12.2 Å². The largest absolute Gasteiger partial charge is 0.444 e. The minimum absolute atomic E-state index is 0.166. The molecule has 2 amide bonds. The Morgan fingerprint density at radius 1 is 0.781 bits per heavy atom. The number of hydrogen-bond acceptors (Lipinski definition) is 7. The average molecular weight is 591 g/mol. The number of ether oxygens (including phenoxy) is 2. The highest BCUT2D eigenvalue weighted by molar-refractivity contribution is 14.1. The van der Waals surface area contributed by atoms with E-state index in [9.17, 15) is 18.0 Å². The minimum atomic E-state index is -3.42. The molecule has 2 fully saturated rings. The Hall–Kier alpha value is -0.820. The number of likely N-dealkylation sites (tertiary alicyclic amines) is 2. The van der Waals surface area contributed by atoms with Gasteiger partial charge in [0, 0.05) is 30.1 Å². The van der Waals surface area contributed by atoms with Crippen molar-refractivity contribution in [3.05, 3.63) is 0 Å². The lowest BCUT2D eigenvalue weighted by Crippen LogP contribution is -2.43. The molecule has 2 rings (SSSR count). The lowest BCUT2D eigenvalue weighted by atomic mass is 10.1. The topological polar surface area (TPSA) is 102 Å². The zero-order valence-electron chi connectivity index (χ0n) is 20.3. The van der Waals surface area contributed by atoms with Crippen molar-refractivity contribution in [3.63, 3.8) is 0 Å². The van der Waals surface area contributed by atoms with Crippen molar-refractivity contribution in [2.45, 2.75) is 88.5 Å². The van der Waals surface area contributed by atoms with Crippen LogP contribution in [0.3, 0.4) is 0 Å². The van der Waals surface area contributed by atoms with Crippen molar-refractivity contribution in [1.82, 2.24) is 9.80 Å². The molecule has 188 valence electrons. The fourth-order valence-corrected chi connectivity index (χ4v) is 4.31.